The Labute approximate surface area is 232 Å². The standard InChI is InChI=1S/C27H37FN10O2/c1-4-5-9-26(2,15-39)38-23-21-19(13-17(28)14-32-21)34-25(36-23)31-12-7-10-27(3,16-40)37-22-20-18(8-6-11-30-20)33-24(29)35-22/h6,8,11,13-14,39-40H,4-5,7,9-10,12,15-16H2,1-3H3,(H3,29,33,35,37)(H2,31,34,36,38)/t26-,27-/m1/s1. The van der Waals surface area contributed by atoms with E-state index in [1.807, 2.05) is 13.8 Å². The first-order valence-corrected chi connectivity index (χ1v) is 13.4. The Morgan fingerprint density at radius 3 is 2.27 bits per heavy atom. The van der Waals surface area contributed by atoms with Crippen LogP contribution in [0.25, 0.3) is 22.1 Å². The van der Waals surface area contributed by atoms with Crippen molar-refractivity contribution in [2.75, 3.05) is 41.4 Å². The Morgan fingerprint density at radius 1 is 0.900 bits per heavy atom. The third kappa shape index (κ3) is 6.96. The molecule has 4 aromatic rings. The van der Waals surface area contributed by atoms with Crippen molar-refractivity contribution in [3.8, 4) is 0 Å². The molecular formula is C27H37FN10O2. The van der Waals surface area contributed by atoms with Gasteiger partial charge in [0.25, 0.3) is 0 Å². The monoisotopic (exact) mass is 552 g/mol. The summed E-state index contributed by atoms with van der Waals surface area (Å²) in [6, 6.07) is 4.87. The SMILES string of the molecule is CCCC[C@](C)(CO)Nc1nc(NCCC[C@](C)(CO)Nc2nc(N)nc3cccnc23)nc2cc(F)cnc12. The van der Waals surface area contributed by atoms with Gasteiger partial charge in [0.2, 0.25) is 11.9 Å². The van der Waals surface area contributed by atoms with E-state index in [0.717, 1.165) is 25.5 Å². The van der Waals surface area contributed by atoms with Gasteiger partial charge < -0.3 is 31.9 Å². The summed E-state index contributed by atoms with van der Waals surface area (Å²) < 4.78 is 14.0. The van der Waals surface area contributed by atoms with Gasteiger partial charge in [0, 0.05) is 18.8 Å². The lowest BCUT2D eigenvalue weighted by molar-refractivity contribution is 0.212. The first-order valence-electron chi connectivity index (χ1n) is 13.4. The highest BCUT2D eigenvalue weighted by atomic mass is 19.1. The van der Waals surface area contributed by atoms with Crippen LogP contribution in [0.5, 0.6) is 0 Å². The molecular weight excluding hydrogens is 515 g/mol. The van der Waals surface area contributed by atoms with Gasteiger partial charge in [-0.05, 0) is 45.2 Å². The first-order chi connectivity index (χ1) is 19.2. The van der Waals surface area contributed by atoms with Gasteiger partial charge in [0.05, 0.1) is 41.5 Å². The Hall–Kier alpha value is -3.97. The van der Waals surface area contributed by atoms with Crippen LogP contribution in [0.4, 0.5) is 27.9 Å². The topological polar surface area (TPSA) is 180 Å². The maximum Gasteiger partial charge on any atom is 0.225 e. The van der Waals surface area contributed by atoms with E-state index in [2.05, 4.69) is 52.8 Å². The molecule has 214 valence electrons. The minimum absolute atomic E-state index is 0.0992. The Balaban J connectivity index is 1.47. The smallest absolute Gasteiger partial charge is 0.225 e. The highest BCUT2D eigenvalue weighted by Gasteiger charge is 2.26. The number of anilines is 4. The number of pyridine rings is 2. The normalized spacial score (nSPS) is 14.6. The van der Waals surface area contributed by atoms with E-state index >= 15 is 0 Å². The summed E-state index contributed by atoms with van der Waals surface area (Å²) in [5.74, 6) is 0.779. The summed E-state index contributed by atoms with van der Waals surface area (Å²) in [4.78, 5) is 26.1. The van der Waals surface area contributed by atoms with Crippen molar-refractivity contribution in [2.24, 2.45) is 0 Å². The van der Waals surface area contributed by atoms with E-state index in [1.54, 1.807) is 18.3 Å². The molecule has 2 atom stereocenters. The molecule has 0 aliphatic carbocycles. The first kappa shape index (κ1) is 29.0. The predicted molar refractivity (Wildman–Crippen MR) is 155 cm³/mol. The zero-order valence-corrected chi connectivity index (χ0v) is 23.1. The zero-order chi connectivity index (χ0) is 28.8. The molecule has 12 nitrogen and oxygen atoms in total. The molecule has 0 unspecified atom stereocenters. The lowest BCUT2D eigenvalue weighted by Crippen LogP contribution is -2.40. The third-order valence-electron chi connectivity index (χ3n) is 6.78. The largest absolute Gasteiger partial charge is 0.394 e. The van der Waals surface area contributed by atoms with Crippen LogP contribution < -0.4 is 21.7 Å². The van der Waals surface area contributed by atoms with Gasteiger partial charge in [-0.3, -0.25) is 4.98 Å². The van der Waals surface area contributed by atoms with Gasteiger partial charge in [-0.1, -0.05) is 19.8 Å². The fraction of sp³-hybridized carbons (Fsp3) is 0.481. The number of nitrogens with two attached hydrogens (primary N) is 1. The number of halogens is 1. The number of fused-ring (bicyclic) bond motifs is 2. The van der Waals surface area contributed by atoms with Crippen molar-refractivity contribution in [1.29, 1.82) is 0 Å². The second kappa shape index (κ2) is 12.5. The number of nitrogens with zero attached hydrogens (tertiary/aromatic N) is 6. The molecule has 0 fully saturated rings. The van der Waals surface area contributed by atoms with Crippen LogP contribution in [-0.4, -0.2) is 71.0 Å². The molecule has 7 N–H and O–H groups in total. The molecule has 0 aliphatic rings. The van der Waals surface area contributed by atoms with Crippen molar-refractivity contribution >= 4 is 45.6 Å². The van der Waals surface area contributed by atoms with Crippen molar-refractivity contribution in [3.63, 3.8) is 0 Å². The molecule has 4 aromatic heterocycles. The van der Waals surface area contributed by atoms with Gasteiger partial charge in [0.15, 0.2) is 11.6 Å². The molecule has 4 rings (SSSR count). The molecule has 40 heavy (non-hydrogen) atoms. The second-order valence-electron chi connectivity index (χ2n) is 10.5. The van der Waals surface area contributed by atoms with Crippen molar-refractivity contribution in [1.82, 2.24) is 29.9 Å². The van der Waals surface area contributed by atoms with Gasteiger partial charge >= 0.3 is 0 Å². The van der Waals surface area contributed by atoms with Crippen LogP contribution in [0.1, 0.15) is 52.9 Å². The fourth-order valence-corrected chi connectivity index (χ4v) is 4.41. The lowest BCUT2D eigenvalue weighted by Gasteiger charge is -2.30. The highest BCUT2D eigenvalue weighted by Crippen LogP contribution is 2.27. The van der Waals surface area contributed by atoms with E-state index in [9.17, 15) is 14.6 Å². The molecule has 0 aliphatic heterocycles. The zero-order valence-electron chi connectivity index (χ0n) is 23.1. The maximum absolute atomic E-state index is 14.0. The molecule has 4 heterocycles. The summed E-state index contributed by atoms with van der Waals surface area (Å²) in [5, 5.41) is 30.1. The number of hydrogen-bond donors (Lipinski definition) is 6. The van der Waals surface area contributed by atoms with Crippen LogP contribution in [0.2, 0.25) is 0 Å². The van der Waals surface area contributed by atoms with Crippen LogP contribution in [0.3, 0.4) is 0 Å². The van der Waals surface area contributed by atoms with Gasteiger partial charge in [-0.15, -0.1) is 0 Å². The maximum atomic E-state index is 14.0. The lowest BCUT2D eigenvalue weighted by atomic mass is 9.96. The Morgan fingerprint density at radius 2 is 1.57 bits per heavy atom. The number of aromatic nitrogens is 6. The number of unbranched alkanes of at least 4 members (excludes halogenated alkanes) is 1. The summed E-state index contributed by atoms with van der Waals surface area (Å²) in [5.41, 5.74) is 6.47. The van der Waals surface area contributed by atoms with Crippen LogP contribution >= 0.6 is 0 Å². The van der Waals surface area contributed by atoms with Crippen molar-refractivity contribution in [2.45, 2.75) is 64.0 Å². The number of rotatable bonds is 14. The quantitative estimate of drug-likeness (QED) is 0.126. The molecule has 0 aromatic carbocycles. The van der Waals surface area contributed by atoms with Crippen molar-refractivity contribution in [3.05, 3.63) is 36.4 Å². The molecule has 0 saturated carbocycles. The Bertz CT molecular complexity index is 1460. The van der Waals surface area contributed by atoms with Gasteiger partial charge in [0.1, 0.15) is 16.9 Å². The van der Waals surface area contributed by atoms with E-state index in [0.29, 0.717) is 59.0 Å². The van der Waals surface area contributed by atoms with Gasteiger partial charge in [-0.25, -0.2) is 19.3 Å². The predicted octanol–water partition coefficient (Wildman–Crippen LogP) is 3.49. The van der Waals surface area contributed by atoms with E-state index in [-0.39, 0.29) is 19.2 Å². The van der Waals surface area contributed by atoms with E-state index < -0.39 is 16.9 Å². The van der Waals surface area contributed by atoms with E-state index in [4.69, 9.17) is 5.73 Å². The molecule has 0 radical (unpaired) electrons. The minimum Gasteiger partial charge on any atom is -0.394 e. The summed E-state index contributed by atoms with van der Waals surface area (Å²) in [7, 11) is 0. The highest BCUT2D eigenvalue weighted by molar-refractivity contribution is 5.87. The molecule has 0 spiro atoms. The number of aliphatic hydroxyl groups excluding tert-OH is 2. The third-order valence-corrected chi connectivity index (χ3v) is 6.78. The molecule has 13 heteroatoms. The van der Waals surface area contributed by atoms with Gasteiger partial charge in [-0.2, -0.15) is 9.97 Å². The molecule has 0 amide bonds. The average Bonchev–Trinajstić information content (AvgIpc) is 2.94. The van der Waals surface area contributed by atoms with Crippen LogP contribution in [0.15, 0.2) is 30.6 Å². The number of nitrogen functional groups attached to an aromatic ring is 1. The second-order valence-corrected chi connectivity index (χ2v) is 10.5. The average molecular weight is 553 g/mol. The van der Waals surface area contributed by atoms with Crippen LogP contribution in [-0.2, 0) is 0 Å². The molecule has 0 bridgehead atoms. The number of aliphatic hydroxyl groups is 2. The minimum atomic E-state index is -0.723. The number of hydrogen-bond acceptors (Lipinski definition) is 12. The fourth-order valence-electron chi connectivity index (χ4n) is 4.41. The summed E-state index contributed by atoms with van der Waals surface area (Å²) >= 11 is 0. The van der Waals surface area contributed by atoms with E-state index in [1.165, 1.54) is 6.07 Å². The number of nitrogens with one attached hydrogen (secondary N) is 3. The summed E-state index contributed by atoms with van der Waals surface area (Å²) in [6.07, 6.45) is 6.59. The summed E-state index contributed by atoms with van der Waals surface area (Å²) in [6.45, 7) is 6.11. The van der Waals surface area contributed by atoms with Crippen molar-refractivity contribution < 1.29 is 14.6 Å². The Kier molecular flexibility index (Phi) is 9.05. The van der Waals surface area contributed by atoms with Crippen LogP contribution in [0, 0.1) is 5.82 Å². The molecule has 0 saturated heterocycles.